The van der Waals surface area contributed by atoms with Gasteiger partial charge in [0.15, 0.2) is 0 Å². The molecule has 0 saturated carbocycles. The van der Waals surface area contributed by atoms with Gasteiger partial charge in [-0.25, -0.2) is 8.78 Å². The lowest BCUT2D eigenvalue weighted by Gasteiger charge is -2.26. The third kappa shape index (κ3) is 1.13. The van der Waals surface area contributed by atoms with Crippen LogP contribution >= 0.6 is 0 Å². The molecule has 2 saturated heterocycles. The van der Waals surface area contributed by atoms with Crippen LogP contribution in [0, 0.1) is 5.92 Å². The van der Waals surface area contributed by atoms with E-state index in [-0.39, 0.29) is 12.2 Å². The summed E-state index contributed by atoms with van der Waals surface area (Å²) < 4.78 is 31.3. The van der Waals surface area contributed by atoms with E-state index in [0.717, 1.165) is 12.8 Å². The molecular weight excluding hydrogens is 166 g/mol. The van der Waals surface area contributed by atoms with Gasteiger partial charge in [0.05, 0.1) is 18.1 Å². The molecule has 2 fully saturated rings. The molecule has 0 aliphatic carbocycles. The Bertz CT molecular complexity index is 184. The van der Waals surface area contributed by atoms with Crippen LogP contribution in [-0.4, -0.2) is 29.8 Å². The minimum atomic E-state index is -2.94. The first kappa shape index (κ1) is 8.38. The fourth-order valence-electron chi connectivity index (χ4n) is 2.20. The van der Waals surface area contributed by atoms with Crippen molar-refractivity contribution in [2.24, 2.45) is 5.92 Å². The van der Waals surface area contributed by atoms with Crippen LogP contribution in [0.3, 0.4) is 0 Å². The van der Waals surface area contributed by atoms with E-state index in [1.54, 1.807) is 0 Å². The SMILES string of the molecule is OCC(F)(F)C1CC2CCC1O2. The number of halogens is 2. The molecule has 2 aliphatic rings. The first-order chi connectivity index (χ1) is 5.63. The fraction of sp³-hybridized carbons (Fsp3) is 1.00. The van der Waals surface area contributed by atoms with Gasteiger partial charge >= 0.3 is 0 Å². The zero-order chi connectivity index (χ0) is 8.77. The number of hydrogen-bond donors (Lipinski definition) is 1. The van der Waals surface area contributed by atoms with E-state index < -0.39 is 18.4 Å². The number of ether oxygens (including phenoxy) is 1. The van der Waals surface area contributed by atoms with Crippen molar-refractivity contribution in [1.82, 2.24) is 0 Å². The molecule has 3 unspecified atom stereocenters. The van der Waals surface area contributed by atoms with Crippen molar-refractivity contribution in [3.05, 3.63) is 0 Å². The Kier molecular flexibility index (Phi) is 1.84. The maximum atomic E-state index is 13.0. The molecule has 1 N–H and O–H groups in total. The standard InChI is InChI=1S/C8H12F2O2/c9-8(10,4-11)6-3-5-1-2-7(6)12-5/h5-7,11H,1-4H2. The van der Waals surface area contributed by atoms with Crippen molar-refractivity contribution in [3.8, 4) is 0 Å². The highest BCUT2D eigenvalue weighted by molar-refractivity contribution is 4.95. The molecule has 2 heterocycles. The first-order valence-electron chi connectivity index (χ1n) is 4.27. The maximum absolute atomic E-state index is 13.0. The Balaban J connectivity index is 2.06. The van der Waals surface area contributed by atoms with E-state index >= 15 is 0 Å². The van der Waals surface area contributed by atoms with Gasteiger partial charge in [0.25, 0.3) is 5.92 Å². The highest BCUT2D eigenvalue weighted by Gasteiger charge is 2.52. The van der Waals surface area contributed by atoms with Crippen molar-refractivity contribution in [2.45, 2.75) is 37.4 Å². The molecule has 0 aromatic rings. The topological polar surface area (TPSA) is 29.5 Å². The maximum Gasteiger partial charge on any atom is 0.276 e. The van der Waals surface area contributed by atoms with Crippen LogP contribution in [0.25, 0.3) is 0 Å². The average Bonchev–Trinajstić information content (AvgIpc) is 2.64. The first-order valence-corrected chi connectivity index (χ1v) is 4.27. The Morgan fingerprint density at radius 3 is 2.58 bits per heavy atom. The monoisotopic (exact) mass is 178 g/mol. The highest BCUT2D eigenvalue weighted by Crippen LogP contribution is 2.45. The summed E-state index contributed by atoms with van der Waals surface area (Å²) in [5.41, 5.74) is 0. The number of aliphatic hydroxyl groups excluding tert-OH is 1. The molecular formula is C8H12F2O2. The predicted octanol–water partition coefficient (Wildman–Crippen LogP) is 1.18. The number of aliphatic hydroxyl groups is 1. The molecule has 0 aromatic heterocycles. The molecule has 0 radical (unpaired) electrons. The molecule has 0 spiro atoms. The van der Waals surface area contributed by atoms with Crippen LogP contribution in [0.15, 0.2) is 0 Å². The van der Waals surface area contributed by atoms with E-state index in [9.17, 15) is 8.78 Å². The van der Waals surface area contributed by atoms with Gasteiger partial charge in [0.1, 0.15) is 6.61 Å². The number of hydrogen-bond acceptors (Lipinski definition) is 2. The second-order valence-electron chi connectivity index (χ2n) is 3.64. The molecule has 12 heavy (non-hydrogen) atoms. The van der Waals surface area contributed by atoms with Crippen LogP contribution in [-0.2, 0) is 4.74 Å². The summed E-state index contributed by atoms with van der Waals surface area (Å²) in [5, 5.41) is 8.48. The van der Waals surface area contributed by atoms with Gasteiger partial charge in [0.2, 0.25) is 0 Å². The van der Waals surface area contributed by atoms with Crippen LogP contribution in [0.1, 0.15) is 19.3 Å². The van der Waals surface area contributed by atoms with E-state index in [0.29, 0.717) is 6.42 Å². The van der Waals surface area contributed by atoms with Crippen LogP contribution in [0.4, 0.5) is 8.78 Å². The lowest BCUT2D eigenvalue weighted by atomic mass is 9.85. The Hall–Kier alpha value is -0.220. The van der Waals surface area contributed by atoms with E-state index in [1.165, 1.54) is 0 Å². The summed E-state index contributed by atoms with van der Waals surface area (Å²) in [5.74, 6) is -3.69. The zero-order valence-electron chi connectivity index (χ0n) is 6.67. The van der Waals surface area contributed by atoms with Crippen molar-refractivity contribution < 1.29 is 18.6 Å². The third-order valence-electron chi connectivity index (χ3n) is 2.86. The van der Waals surface area contributed by atoms with Crippen molar-refractivity contribution >= 4 is 0 Å². The second kappa shape index (κ2) is 2.64. The molecule has 70 valence electrons. The number of fused-ring (bicyclic) bond motifs is 2. The summed E-state index contributed by atoms with van der Waals surface area (Å²) in [6.07, 6.45) is 1.76. The minimum Gasteiger partial charge on any atom is -0.390 e. The predicted molar refractivity (Wildman–Crippen MR) is 38.0 cm³/mol. The second-order valence-corrected chi connectivity index (χ2v) is 3.64. The van der Waals surface area contributed by atoms with Crippen molar-refractivity contribution in [2.75, 3.05) is 6.61 Å². The van der Waals surface area contributed by atoms with Crippen LogP contribution in [0.5, 0.6) is 0 Å². The van der Waals surface area contributed by atoms with E-state index in [2.05, 4.69) is 0 Å². The Morgan fingerprint density at radius 2 is 2.17 bits per heavy atom. The fourth-order valence-corrected chi connectivity index (χ4v) is 2.20. The number of alkyl halides is 2. The quantitative estimate of drug-likeness (QED) is 0.688. The molecule has 2 aliphatic heterocycles. The van der Waals surface area contributed by atoms with Crippen molar-refractivity contribution in [1.29, 1.82) is 0 Å². The van der Waals surface area contributed by atoms with Gasteiger partial charge in [-0.1, -0.05) is 0 Å². The van der Waals surface area contributed by atoms with Gasteiger partial charge in [0, 0.05) is 0 Å². The summed E-state index contributed by atoms with van der Waals surface area (Å²) in [4.78, 5) is 0. The van der Waals surface area contributed by atoms with Gasteiger partial charge in [-0.2, -0.15) is 0 Å². The lowest BCUT2D eigenvalue weighted by molar-refractivity contribution is -0.114. The summed E-state index contributed by atoms with van der Waals surface area (Å²) in [7, 11) is 0. The molecule has 2 nitrogen and oxygen atoms in total. The largest absolute Gasteiger partial charge is 0.390 e. The summed E-state index contributed by atoms with van der Waals surface area (Å²) in [6.45, 7) is -1.05. The van der Waals surface area contributed by atoms with Gasteiger partial charge in [-0.05, 0) is 19.3 Å². The number of rotatable bonds is 2. The van der Waals surface area contributed by atoms with E-state index in [4.69, 9.17) is 9.84 Å². The third-order valence-corrected chi connectivity index (χ3v) is 2.86. The normalized spacial score (nSPS) is 40.8. The van der Waals surface area contributed by atoms with Crippen LogP contribution in [0.2, 0.25) is 0 Å². The van der Waals surface area contributed by atoms with E-state index in [1.807, 2.05) is 0 Å². The minimum absolute atomic E-state index is 0.0254. The van der Waals surface area contributed by atoms with Crippen molar-refractivity contribution in [3.63, 3.8) is 0 Å². The van der Waals surface area contributed by atoms with Gasteiger partial charge < -0.3 is 9.84 Å². The average molecular weight is 178 g/mol. The zero-order valence-corrected chi connectivity index (χ0v) is 6.67. The molecule has 3 atom stereocenters. The smallest absolute Gasteiger partial charge is 0.276 e. The van der Waals surface area contributed by atoms with Gasteiger partial charge in [-0.15, -0.1) is 0 Å². The molecule has 4 heteroatoms. The Morgan fingerprint density at radius 1 is 1.42 bits per heavy atom. The van der Waals surface area contributed by atoms with Crippen LogP contribution < -0.4 is 0 Å². The summed E-state index contributed by atoms with van der Waals surface area (Å²) in [6, 6.07) is 0. The molecule has 2 rings (SSSR count). The van der Waals surface area contributed by atoms with Gasteiger partial charge in [-0.3, -0.25) is 0 Å². The lowest BCUT2D eigenvalue weighted by Crippen LogP contribution is -2.38. The molecule has 2 bridgehead atoms. The molecule has 0 aromatic carbocycles. The Labute approximate surface area is 69.5 Å². The highest BCUT2D eigenvalue weighted by atomic mass is 19.3. The molecule has 0 amide bonds. The summed E-state index contributed by atoms with van der Waals surface area (Å²) >= 11 is 0.